The van der Waals surface area contributed by atoms with E-state index in [1.807, 2.05) is 23.1 Å². The highest BCUT2D eigenvalue weighted by atomic mass is 16.2. The number of carbonyl (C=O) groups is 2. The number of hydrogen-bond donors (Lipinski definition) is 3. The van der Waals surface area contributed by atoms with Crippen molar-refractivity contribution in [2.45, 2.75) is 50.9 Å². The van der Waals surface area contributed by atoms with Gasteiger partial charge in [-0.25, -0.2) is 0 Å². The standard InChI is InChI=1S/C21H31N5O2/c1-2-17-16-14-26(10-8-18(16)24-23-17)20(27)12-19-21(28)22-9-11-25(19)13-15-6-4-3-5-7-15/h3-7,16-19,23-24H,2,8-14H2,1H3,(H,22,28). The Kier molecular flexibility index (Phi) is 5.94. The summed E-state index contributed by atoms with van der Waals surface area (Å²) >= 11 is 0. The van der Waals surface area contributed by atoms with Crippen LogP contribution in [0.3, 0.4) is 0 Å². The summed E-state index contributed by atoms with van der Waals surface area (Å²) in [4.78, 5) is 29.7. The fourth-order valence-electron chi connectivity index (χ4n) is 4.81. The van der Waals surface area contributed by atoms with Crippen molar-refractivity contribution in [3.8, 4) is 0 Å². The third kappa shape index (κ3) is 4.06. The molecule has 0 radical (unpaired) electrons. The van der Waals surface area contributed by atoms with Crippen LogP contribution in [0.25, 0.3) is 0 Å². The number of hydrazine groups is 1. The Labute approximate surface area is 166 Å². The molecular weight excluding hydrogens is 354 g/mol. The molecule has 1 aromatic carbocycles. The first-order valence-electron chi connectivity index (χ1n) is 10.5. The molecule has 152 valence electrons. The van der Waals surface area contributed by atoms with Crippen LogP contribution in [0, 0.1) is 5.92 Å². The Bertz CT molecular complexity index is 691. The van der Waals surface area contributed by atoms with Crippen molar-refractivity contribution in [3.63, 3.8) is 0 Å². The van der Waals surface area contributed by atoms with Crippen LogP contribution in [0.2, 0.25) is 0 Å². The van der Waals surface area contributed by atoms with Crippen molar-refractivity contribution in [1.29, 1.82) is 0 Å². The first kappa shape index (κ1) is 19.4. The van der Waals surface area contributed by atoms with Crippen LogP contribution in [-0.4, -0.2) is 65.9 Å². The van der Waals surface area contributed by atoms with Gasteiger partial charge in [-0.2, -0.15) is 0 Å². The predicted octanol–water partition coefficient (Wildman–Crippen LogP) is 0.481. The van der Waals surface area contributed by atoms with E-state index in [-0.39, 0.29) is 24.3 Å². The number of likely N-dealkylation sites (tertiary alicyclic amines) is 1. The molecule has 4 unspecified atom stereocenters. The number of piperidine rings is 1. The summed E-state index contributed by atoms with van der Waals surface area (Å²) in [5.41, 5.74) is 7.92. The van der Waals surface area contributed by atoms with E-state index in [9.17, 15) is 9.59 Å². The van der Waals surface area contributed by atoms with E-state index in [0.29, 0.717) is 31.1 Å². The zero-order chi connectivity index (χ0) is 19.5. The maximum atomic E-state index is 13.1. The maximum Gasteiger partial charge on any atom is 0.237 e. The molecule has 4 atom stereocenters. The highest BCUT2D eigenvalue weighted by Gasteiger charge is 2.41. The van der Waals surface area contributed by atoms with Gasteiger partial charge in [-0.05, 0) is 18.4 Å². The van der Waals surface area contributed by atoms with Gasteiger partial charge in [0.25, 0.3) is 0 Å². The summed E-state index contributed by atoms with van der Waals surface area (Å²) in [6.07, 6.45) is 2.27. The SMILES string of the molecule is CCC1NNC2CCN(C(=O)CC3C(=O)NCCN3Cc3ccccc3)CC12. The second-order valence-corrected chi connectivity index (χ2v) is 8.17. The molecular formula is C21H31N5O2. The number of piperazine rings is 1. The molecule has 1 aromatic rings. The van der Waals surface area contributed by atoms with Gasteiger partial charge in [-0.1, -0.05) is 37.3 Å². The van der Waals surface area contributed by atoms with Crippen LogP contribution < -0.4 is 16.2 Å². The highest BCUT2D eigenvalue weighted by molar-refractivity contribution is 5.89. The molecule has 2 amide bonds. The monoisotopic (exact) mass is 385 g/mol. The molecule has 3 aliphatic rings. The van der Waals surface area contributed by atoms with Crippen molar-refractivity contribution >= 4 is 11.8 Å². The van der Waals surface area contributed by atoms with Crippen molar-refractivity contribution in [1.82, 2.24) is 26.0 Å². The van der Waals surface area contributed by atoms with Crippen LogP contribution in [0.4, 0.5) is 0 Å². The largest absolute Gasteiger partial charge is 0.353 e. The number of nitrogens with zero attached hydrogens (tertiary/aromatic N) is 2. The Morgan fingerprint density at radius 1 is 1.18 bits per heavy atom. The molecule has 0 aliphatic carbocycles. The van der Waals surface area contributed by atoms with Crippen LogP contribution in [-0.2, 0) is 16.1 Å². The summed E-state index contributed by atoms with van der Waals surface area (Å²) in [7, 11) is 0. The fraction of sp³-hybridized carbons (Fsp3) is 0.619. The number of fused-ring (bicyclic) bond motifs is 1. The fourth-order valence-corrected chi connectivity index (χ4v) is 4.81. The number of nitrogens with one attached hydrogen (secondary N) is 3. The van der Waals surface area contributed by atoms with Gasteiger partial charge in [0.1, 0.15) is 0 Å². The maximum absolute atomic E-state index is 13.1. The molecule has 0 aromatic heterocycles. The average Bonchev–Trinajstić information content (AvgIpc) is 3.13. The Morgan fingerprint density at radius 2 is 2.00 bits per heavy atom. The van der Waals surface area contributed by atoms with Crippen LogP contribution in [0.5, 0.6) is 0 Å². The molecule has 7 nitrogen and oxygen atoms in total. The zero-order valence-electron chi connectivity index (χ0n) is 16.6. The Hall–Kier alpha value is -1.96. The molecule has 0 bridgehead atoms. The lowest BCUT2D eigenvalue weighted by atomic mass is 9.87. The average molecular weight is 386 g/mol. The molecule has 3 aliphatic heterocycles. The second-order valence-electron chi connectivity index (χ2n) is 8.17. The predicted molar refractivity (Wildman–Crippen MR) is 107 cm³/mol. The van der Waals surface area contributed by atoms with Crippen molar-refractivity contribution < 1.29 is 9.59 Å². The van der Waals surface area contributed by atoms with Crippen LogP contribution in [0.15, 0.2) is 30.3 Å². The Balaban J connectivity index is 1.40. The van der Waals surface area contributed by atoms with Crippen LogP contribution >= 0.6 is 0 Å². The van der Waals surface area contributed by atoms with Gasteiger partial charge in [0.15, 0.2) is 0 Å². The van der Waals surface area contributed by atoms with Gasteiger partial charge in [-0.15, -0.1) is 0 Å². The normalized spacial score (nSPS) is 30.8. The smallest absolute Gasteiger partial charge is 0.237 e. The van der Waals surface area contributed by atoms with E-state index >= 15 is 0 Å². The van der Waals surface area contributed by atoms with Gasteiger partial charge in [0.2, 0.25) is 11.8 Å². The molecule has 0 spiro atoms. The second kappa shape index (κ2) is 8.59. The minimum Gasteiger partial charge on any atom is -0.353 e. The van der Waals surface area contributed by atoms with Crippen molar-refractivity contribution in [3.05, 3.63) is 35.9 Å². The molecule has 3 N–H and O–H groups in total. The van der Waals surface area contributed by atoms with E-state index in [1.54, 1.807) is 0 Å². The lowest BCUT2D eigenvalue weighted by Crippen LogP contribution is -2.57. The van der Waals surface area contributed by atoms with Crippen molar-refractivity contribution in [2.75, 3.05) is 26.2 Å². The molecule has 3 saturated heterocycles. The molecule has 3 heterocycles. The minimum atomic E-state index is -0.388. The van der Waals surface area contributed by atoms with Crippen molar-refractivity contribution in [2.24, 2.45) is 5.92 Å². The third-order valence-electron chi connectivity index (χ3n) is 6.46. The molecule has 7 heteroatoms. The molecule has 4 rings (SSSR count). The van der Waals surface area contributed by atoms with Crippen LogP contribution in [0.1, 0.15) is 31.7 Å². The Morgan fingerprint density at radius 3 is 2.79 bits per heavy atom. The topological polar surface area (TPSA) is 76.7 Å². The summed E-state index contributed by atoms with van der Waals surface area (Å²) in [5, 5.41) is 2.94. The van der Waals surface area contributed by atoms with Gasteiger partial charge in [0.05, 0.1) is 12.5 Å². The summed E-state index contributed by atoms with van der Waals surface area (Å²) in [5.74, 6) is 0.518. The first-order chi connectivity index (χ1) is 13.7. The number of carbonyl (C=O) groups excluding carboxylic acids is 2. The zero-order valence-corrected chi connectivity index (χ0v) is 16.6. The van der Waals surface area contributed by atoms with Gasteiger partial charge < -0.3 is 10.2 Å². The number of rotatable bonds is 5. The highest BCUT2D eigenvalue weighted by Crippen LogP contribution is 2.26. The number of benzene rings is 1. The molecule has 3 fully saturated rings. The molecule has 0 saturated carbocycles. The minimum absolute atomic E-state index is 0.0268. The lowest BCUT2D eigenvalue weighted by Gasteiger charge is -2.39. The lowest BCUT2D eigenvalue weighted by molar-refractivity contribution is -0.140. The van der Waals surface area contributed by atoms with E-state index in [2.05, 4.69) is 40.1 Å². The summed E-state index contributed by atoms with van der Waals surface area (Å²) in [6, 6.07) is 10.6. The summed E-state index contributed by atoms with van der Waals surface area (Å²) < 4.78 is 0. The number of amides is 2. The van der Waals surface area contributed by atoms with Gasteiger partial charge >= 0.3 is 0 Å². The van der Waals surface area contributed by atoms with E-state index in [1.165, 1.54) is 5.56 Å². The van der Waals surface area contributed by atoms with Gasteiger partial charge in [-0.3, -0.25) is 25.3 Å². The van der Waals surface area contributed by atoms with Gasteiger partial charge in [0, 0.05) is 50.7 Å². The summed E-state index contributed by atoms with van der Waals surface area (Å²) in [6.45, 7) is 5.82. The molecule has 28 heavy (non-hydrogen) atoms. The first-order valence-corrected chi connectivity index (χ1v) is 10.5. The van der Waals surface area contributed by atoms with E-state index in [4.69, 9.17) is 0 Å². The number of hydrogen-bond acceptors (Lipinski definition) is 5. The quantitative estimate of drug-likeness (QED) is 0.687. The van der Waals surface area contributed by atoms with E-state index < -0.39 is 0 Å². The third-order valence-corrected chi connectivity index (χ3v) is 6.46. The van der Waals surface area contributed by atoms with E-state index in [0.717, 1.165) is 32.5 Å².